The number of phosphoric acid groups is 1. The summed E-state index contributed by atoms with van der Waals surface area (Å²) in [6.07, 6.45) is 1.45. The van der Waals surface area contributed by atoms with Crippen LogP contribution in [0.3, 0.4) is 0 Å². The van der Waals surface area contributed by atoms with Crippen molar-refractivity contribution in [3.63, 3.8) is 0 Å². The third-order valence-electron chi connectivity index (χ3n) is 1.44. The van der Waals surface area contributed by atoms with Crippen LogP contribution in [0.4, 0.5) is 0 Å². The maximum atomic E-state index is 9.98. The summed E-state index contributed by atoms with van der Waals surface area (Å²) < 4.78 is 19.0. The van der Waals surface area contributed by atoms with E-state index in [0.717, 1.165) is 12.8 Å². The molecule has 0 radical (unpaired) electrons. The van der Waals surface area contributed by atoms with E-state index in [9.17, 15) is 14.4 Å². The molecule has 0 aromatic rings. The number of hydrogen-bond donors (Lipinski definition) is 0. The van der Waals surface area contributed by atoms with Crippen LogP contribution in [-0.4, -0.2) is 19.3 Å². The number of phosphoric ester groups is 1. The SMILES string of the molecule is O=P([O-])([O-])OCC1CCCO1.[K+].[K+]. The molecule has 1 saturated heterocycles. The summed E-state index contributed by atoms with van der Waals surface area (Å²) in [5, 5.41) is 0. The number of ether oxygens (including phenoxy) is 1. The summed E-state index contributed by atoms with van der Waals surface area (Å²) in [6.45, 7) is 0.486. The molecule has 0 bridgehead atoms. The molecule has 1 aliphatic heterocycles. The van der Waals surface area contributed by atoms with E-state index in [4.69, 9.17) is 4.74 Å². The van der Waals surface area contributed by atoms with E-state index in [1.54, 1.807) is 0 Å². The first kappa shape index (κ1) is 18.7. The fourth-order valence-electron chi connectivity index (χ4n) is 0.950. The van der Waals surface area contributed by atoms with Crippen molar-refractivity contribution in [1.82, 2.24) is 0 Å². The smallest absolute Gasteiger partial charge is 0.790 e. The van der Waals surface area contributed by atoms with Gasteiger partial charge in [-0.05, 0) is 12.8 Å². The van der Waals surface area contributed by atoms with Gasteiger partial charge in [0.25, 0.3) is 0 Å². The molecule has 1 heterocycles. The molecule has 0 spiro atoms. The molecule has 8 heteroatoms. The Morgan fingerprint density at radius 1 is 1.46 bits per heavy atom. The van der Waals surface area contributed by atoms with Gasteiger partial charge in [-0.25, -0.2) is 0 Å². The molecule has 1 atom stereocenters. The van der Waals surface area contributed by atoms with Gasteiger partial charge >= 0.3 is 103 Å². The van der Waals surface area contributed by atoms with E-state index < -0.39 is 7.82 Å². The molecule has 1 rings (SSSR count). The molecule has 0 aromatic heterocycles. The van der Waals surface area contributed by atoms with Crippen LogP contribution in [0.15, 0.2) is 0 Å². The Morgan fingerprint density at radius 2 is 2.08 bits per heavy atom. The van der Waals surface area contributed by atoms with Crippen molar-refractivity contribution in [2.45, 2.75) is 18.9 Å². The minimum atomic E-state index is -4.80. The first-order chi connectivity index (χ1) is 5.08. The van der Waals surface area contributed by atoms with Gasteiger partial charge in [-0.2, -0.15) is 0 Å². The molecule has 0 aliphatic carbocycles. The van der Waals surface area contributed by atoms with Gasteiger partial charge < -0.3 is 23.6 Å². The van der Waals surface area contributed by atoms with Crippen molar-refractivity contribution in [2.75, 3.05) is 13.2 Å². The Labute approximate surface area is 162 Å². The van der Waals surface area contributed by atoms with Gasteiger partial charge in [0.2, 0.25) is 0 Å². The molecular formula is C5H9K2O5P. The van der Waals surface area contributed by atoms with E-state index in [0.29, 0.717) is 6.61 Å². The van der Waals surface area contributed by atoms with Crippen LogP contribution in [0.2, 0.25) is 0 Å². The molecule has 0 aromatic carbocycles. The maximum absolute atomic E-state index is 9.98. The zero-order chi connectivity index (χ0) is 8.32. The molecule has 66 valence electrons. The fourth-order valence-corrected chi connectivity index (χ4v) is 1.30. The average Bonchev–Trinajstić information content (AvgIpc) is 2.32. The van der Waals surface area contributed by atoms with Crippen LogP contribution in [0.5, 0.6) is 0 Å². The number of rotatable bonds is 3. The second-order valence-electron chi connectivity index (χ2n) is 2.38. The first-order valence-electron chi connectivity index (χ1n) is 3.36. The van der Waals surface area contributed by atoms with Crippen LogP contribution in [0.25, 0.3) is 0 Å². The summed E-state index contributed by atoms with van der Waals surface area (Å²) in [5.74, 6) is 0. The second kappa shape index (κ2) is 9.38. The third kappa shape index (κ3) is 10.2. The number of hydrogen-bond acceptors (Lipinski definition) is 5. The third-order valence-corrected chi connectivity index (χ3v) is 1.91. The molecule has 5 nitrogen and oxygen atoms in total. The van der Waals surface area contributed by atoms with Crippen LogP contribution in [0.1, 0.15) is 12.8 Å². The van der Waals surface area contributed by atoms with E-state index in [-0.39, 0.29) is 115 Å². The largest absolute Gasteiger partial charge is 1.00 e. The van der Waals surface area contributed by atoms with Crippen LogP contribution in [-0.2, 0) is 13.8 Å². The predicted octanol–water partition coefficient (Wildman–Crippen LogP) is -6.98. The van der Waals surface area contributed by atoms with Crippen molar-refractivity contribution in [2.24, 2.45) is 0 Å². The normalized spacial score (nSPS) is 21.8. The summed E-state index contributed by atoms with van der Waals surface area (Å²) in [5.41, 5.74) is 0. The Balaban J connectivity index is 0. The van der Waals surface area contributed by atoms with Gasteiger partial charge in [0, 0.05) is 6.61 Å². The van der Waals surface area contributed by atoms with Gasteiger partial charge in [-0.3, -0.25) is 0 Å². The second-order valence-corrected chi connectivity index (χ2v) is 3.53. The molecule has 1 fully saturated rings. The minimum absolute atomic E-state index is 0. The van der Waals surface area contributed by atoms with Crippen molar-refractivity contribution < 1.29 is 126 Å². The summed E-state index contributed by atoms with van der Waals surface area (Å²) in [6, 6.07) is 0. The first-order valence-corrected chi connectivity index (χ1v) is 4.82. The standard InChI is InChI=1S/C5H11O5P.2K/c6-11(7,8)10-4-5-2-1-3-9-5;;/h5H,1-4H2,(H2,6,7,8);;/q;2*+1/p-2. The summed E-state index contributed by atoms with van der Waals surface area (Å²) in [7, 11) is -4.80. The monoisotopic (exact) mass is 258 g/mol. The summed E-state index contributed by atoms with van der Waals surface area (Å²) in [4.78, 5) is 20.0. The van der Waals surface area contributed by atoms with Crippen LogP contribution in [0, 0.1) is 0 Å². The van der Waals surface area contributed by atoms with Gasteiger partial charge in [-0.1, -0.05) is 0 Å². The van der Waals surface area contributed by atoms with Crippen LogP contribution >= 0.6 is 7.82 Å². The maximum Gasteiger partial charge on any atom is 1.00 e. The molecule has 0 saturated carbocycles. The van der Waals surface area contributed by atoms with Gasteiger partial charge in [0.15, 0.2) is 0 Å². The van der Waals surface area contributed by atoms with Gasteiger partial charge in [0.05, 0.1) is 20.5 Å². The molecule has 1 unspecified atom stereocenters. The van der Waals surface area contributed by atoms with E-state index in [1.807, 2.05) is 0 Å². The Bertz CT molecular complexity index is 166. The van der Waals surface area contributed by atoms with Crippen molar-refractivity contribution in [3.8, 4) is 0 Å². The predicted molar refractivity (Wildman–Crippen MR) is 32.5 cm³/mol. The average molecular weight is 258 g/mol. The molecule has 0 N–H and O–H groups in total. The van der Waals surface area contributed by atoms with E-state index in [1.165, 1.54) is 0 Å². The van der Waals surface area contributed by atoms with E-state index >= 15 is 0 Å². The molecule has 13 heavy (non-hydrogen) atoms. The fraction of sp³-hybridized carbons (Fsp3) is 1.00. The Morgan fingerprint density at radius 3 is 2.46 bits per heavy atom. The minimum Gasteiger partial charge on any atom is -0.790 e. The zero-order valence-electron chi connectivity index (χ0n) is 7.89. The van der Waals surface area contributed by atoms with Crippen LogP contribution < -0.4 is 113 Å². The van der Waals surface area contributed by atoms with Gasteiger partial charge in [-0.15, -0.1) is 0 Å². The Kier molecular flexibility index (Phi) is 13.5. The van der Waals surface area contributed by atoms with Crippen molar-refractivity contribution in [1.29, 1.82) is 0 Å². The van der Waals surface area contributed by atoms with Crippen molar-refractivity contribution >= 4 is 7.82 Å². The molecule has 0 amide bonds. The van der Waals surface area contributed by atoms with E-state index in [2.05, 4.69) is 4.52 Å². The molecule has 1 aliphatic rings. The topological polar surface area (TPSA) is 81.7 Å². The van der Waals surface area contributed by atoms with Gasteiger partial charge in [0.1, 0.15) is 0 Å². The molecular weight excluding hydrogens is 249 g/mol. The van der Waals surface area contributed by atoms with Crippen molar-refractivity contribution in [3.05, 3.63) is 0 Å². The Hall–Kier alpha value is 3.34. The zero-order valence-corrected chi connectivity index (χ0v) is 15.0. The summed E-state index contributed by atoms with van der Waals surface area (Å²) >= 11 is 0. The quantitative estimate of drug-likeness (QED) is 0.371.